The maximum absolute atomic E-state index is 12.1. The van der Waals surface area contributed by atoms with Gasteiger partial charge in [-0.15, -0.1) is 13.2 Å². The molecule has 26 heavy (non-hydrogen) atoms. The fourth-order valence-electron chi connectivity index (χ4n) is 3.23. The van der Waals surface area contributed by atoms with Crippen LogP contribution in [-0.4, -0.2) is 29.5 Å². The summed E-state index contributed by atoms with van der Waals surface area (Å²) in [4.78, 5) is 12.0. The van der Waals surface area contributed by atoms with E-state index >= 15 is 0 Å². The number of benzene rings is 1. The van der Waals surface area contributed by atoms with Crippen molar-refractivity contribution in [3.8, 4) is 5.75 Å². The Bertz CT molecular complexity index is 572. The number of alkyl halides is 3. The van der Waals surface area contributed by atoms with E-state index < -0.39 is 24.4 Å². The van der Waals surface area contributed by atoms with E-state index in [2.05, 4.69) is 10.1 Å². The van der Waals surface area contributed by atoms with E-state index in [9.17, 15) is 23.1 Å². The van der Waals surface area contributed by atoms with Crippen molar-refractivity contribution in [2.24, 2.45) is 11.7 Å². The number of halogens is 3. The number of amides is 1. The lowest BCUT2D eigenvalue weighted by molar-refractivity contribution is -0.274. The van der Waals surface area contributed by atoms with Gasteiger partial charge in [0.1, 0.15) is 11.9 Å². The third-order valence-corrected chi connectivity index (χ3v) is 4.63. The molecule has 1 aliphatic rings. The van der Waals surface area contributed by atoms with E-state index in [1.807, 2.05) is 0 Å². The molecule has 2 atom stereocenters. The van der Waals surface area contributed by atoms with E-state index in [4.69, 9.17) is 5.73 Å². The second-order valence-corrected chi connectivity index (χ2v) is 6.76. The molecule has 1 fully saturated rings. The molecule has 0 heterocycles. The second kappa shape index (κ2) is 9.23. The molecule has 1 unspecified atom stereocenters. The molecule has 0 aromatic heterocycles. The van der Waals surface area contributed by atoms with Crippen molar-refractivity contribution < 1.29 is 27.8 Å². The number of nitrogens with one attached hydrogen (secondary N) is 1. The number of aliphatic hydroxyl groups excluding tert-OH is 1. The fraction of sp³-hybridized carbons (Fsp3) is 0.611. The van der Waals surface area contributed by atoms with Crippen molar-refractivity contribution >= 4 is 5.91 Å². The van der Waals surface area contributed by atoms with Crippen molar-refractivity contribution in [3.63, 3.8) is 0 Å². The number of rotatable bonds is 7. The Morgan fingerprint density at radius 2 is 1.85 bits per heavy atom. The number of ether oxygens (including phenoxy) is 1. The number of nitrogens with two attached hydrogens (primary N) is 1. The first-order chi connectivity index (χ1) is 12.2. The highest BCUT2D eigenvalue weighted by molar-refractivity contribution is 5.81. The van der Waals surface area contributed by atoms with Crippen LogP contribution in [0.15, 0.2) is 24.3 Å². The van der Waals surface area contributed by atoms with Crippen LogP contribution in [-0.2, 0) is 11.3 Å². The lowest BCUT2D eigenvalue weighted by Gasteiger charge is -2.26. The largest absolute Gasteiger partial charge is 0.573 e. The third-order valence-electron chi connectivity index (χ3n) is 4.63. The average Bonchev–Trinajstić information content (AvgIpc) is 2.59. The SMILES string of the molecule is N[C@H](CC1CCCCC1)C(O)C(=O)NCc1ccc(OC(F)(F)F)cc1. The zero-order chi connectivity index (χ0) is 19.2. The highest BCUT2D eigenvalue weighted by atomic mass is 19.4. The highest BCUT2D eigenvalue weighted by Crippen LogP contribution is 2.27. The van der Waals surface area contributed by atoms with Crippen LogP contribution in [0.1, 0.15) is 44.1 Å². The first kappa shape index (κ1) is 20.5. The Morgan fingerprint density at radius 3 is 2.42 bits per heavy atom. The Hall–Kier alpha value is -1.80. The quantitative estimate of drug-likeness (QED) is 0.685. The molecular weight excluding hydrogens is 349 g/mol. The topological polar surface area (TPSA) is 84.6 Å². The minimum absolute atomic E-state index is 0.0817. The Morgan fingerprint density at radius 1 is 1.23 bits per heavy atom. The number of carbonyl (C=O) groups is 1. The van der Waals surface area contributed by atoms with E-state index in [0.717, 1.165) is 25.7 Å². The molecule has 0 saturated heterocycles. The van der Waals surface area contributed by atoms with Gasteiger partial charge >= 0.3 is 6.36 Å². The first-order valence-corrected chi connectivity index (χ1v) is 8.80. The predicted octanol–water partition coefficient (Wildman–Crippen LogP) is 2.86. The average molecular weight is 374 g/mol. The van der Waals surface area contributed by atoms with Gasteiger partial charge in [0.25, 0.3) is 5.91 Å². The molecule has 4 N–H and O–H groups in total. The van der Waals surface area contributed by atoms with Crippen molar-refractivity contribution in [2.75, 3.05) is 0 Å². The van der Waals surface area contributed by atoms with Crippen LogP contribution in [0.3, 0.4) is 0 Å². The molecule has 0 spiro atoms. The van der Waals surface area contributed by atoms with Gasteiger partial charge in [0.15, 0.2) is 0 Å². The van der Waals surface area contributed by atoms with Crippen molar-refractivity contribution in [2.45, 2.75) is 63.6 Å². The third kappa shape index (κ3) is 6.84. The normalized spacial score (nSPS) is 18.2. The summed E-state index contributed by atoms with van der Waals surface area (Å²) >= 11 is 0. The number of carbonyl (C=O) groups excluding carboxylic acids is 1. The van der Waals surface area contributed by atoms with Crippen molar-refractivity contribution in [1.82, 2.24) is 5.32 Å². The lowest BCUT2D eigenvalue weighted by Crippen LogP contribution is -2.47. The van der Waals surface area contributed by atoms with E-state index in [0.29, 0.717) is 17.9 Å². The van der Waals surface area contributed by atoms with Gasteiger partial charge in [0.05, 0.1) is 0 Å². The van der Waals surface area contributed by atoms with Crippen LogP contribution < -0.4 is 15.8 Å². The lowest BCUT2D eigenvalue weighted by atomic mass is 9.84. The van der Waals surface area contributed by atoms with Crippen LogP contribution in [0.5, 0.6) is 5.75 Å². The zero-order valence-corrected chi connectivity index (χ0v) is 14.5. The van der Waals surface area contributed by atoms with E-state index in [1.54, 1.807) is 0 Å². The highest BCUT2D eigenvalue weighted by Gasteiger charge is 2.31. The van der Waals surface area contributed by atoms with Gasteiger partial charge in [0.2, 0.25) is 0 Å². The molecule has 1 amide bonds. The van der Waals surface area contributed by atoms with Gasteiger partial charge in [-0.3, -0.25) is 4.79 Å². The Labute approximate surface area is 150 Å². The van der Waals surface area contributed by atoms with Crippen LogP contribution in [0.2, 0.25) is 0 Å². The number of aliphatic hydroxyl groups is 1. The summed E-state index contributed by atoms with van der Waals surface area (Å²) in [6.07, 6.45) is 0.266. The standard InChI is InChI=1S/C18H25F3N2O3/c19-18(20,21)26-14-8-6-13(7-9-14)11-23-17(25)16(24)15(22)10-12-4-2-1-3-5-12/h6-9,12,15-16,24H,1-5,10-11,22H2,(H,23,25)/t15-,16?/m1/s1. The van der Waals surface area contributed by atoms with Crippen LogP contribution >= 0.6 is 0 Å². The summed E-state index contributed by atoms with van der Waals surface area (Å²) in [6.45, 7) is 0.0817. The summed E-state index contributed by atoms with van der Waals surface area (Å²) < 4.78 is 40.1. The number of hydrogen-bond donors (Lipinski definition) is 3. The molecule has 1 aromatic carbocycles. The molecule has 1 aliphatic carbocycles. The smallest absolute Gasteiger partial charge is 0.406 e. The molecule has 2 rings (SSSR count). The maximum atomic E-state index is 12.1. The molecule has 0 bridgehead atoms. The molecule has 146 valence electrons. The summed E-state index contributed by atoms with van der Waals surface area (Å²) in [6, 6.07) is 4.53. The molecule has 1 saturated carbocycles. The van der Waals surface area contributed by atoms with Crippen molar-refractivity contribution in [1.29, 1.82) is 0 Å². The number of hydrogen-bond acceptors (Lipinski definition) is 4. The van der Waals surface area contributed by atoms with Gasteiger partial charge < -0.3 is 20.9 Å². The minimum Gasteiger partial charge on any atom is -0.406 e. The zero-order valence-electron chi connectivity index (χ0n) is 14.5. The van der Waals surface area contributed by atoms with Crippen molar-refractivity contribution in [3.05, 3.63) is 29.8 Å². The van der Waals surface area contributed by atoms with Gasteiger partial charge in [-0.05, 0) is 30.0 Å². The van der Waals surface area contributed by atoms with Crippen LogP contribution in [0.25, 0.3) is 0 Å². The molecule has 8 heteroatoms. The molecule has 1 aromatic rings. The Kier molecular flexibility index (Phi) is 7.28. The van der Waals surface area contributed by atoms with Gasteiger partial charge in [0, 0.05) is 12.6 Å². The minimum atomic E-state index is -4.74. The van der Waals surface area contributed by atoms with E-state index in [-0.39, 0.29) is 12.3 Å². The monoisotopic (exact) mass is 374 g/mol. The molecular formula is C18H25F3N2O3. The van der Waals surface area contributed by atoms with Gasteiger partial charge in [-0.1, -0.05) is 44.2 Å². The molecule has 5 nitrogen and oxygen atoms in total. The van der Waals surface area contributed by atoms with Crippen LogP contribution in [0, 0.1) is 5.92 Å². The summed E-state index contributed by atoms with van der Waals surface area (Å²) in [7, 11) is 0. The van der Waals surface area contributed by atoms with Gasteiger partial charge in [-0.2, -0.15) is 0 Å². The first-order valence-electron chi connectivity index (χ1n) is 8.80. The molecule has 0 aliphatic heterocycles. The van der Waals surface area contributed by atoms with E-state index in [1.165, 1.54) is 30.7 Å². The summed E-state index contributed by atoms with van der Waals surface area (Å²) in [5.41, 5.74) is 6.55. The van der Waals surface area contributed by atoms with Crippen LogP contribution in [0.4, 0.5) is 13.2 Å². The molecule has 0 radical (unpaired) electrons. The second-order valence-electron chi connectivity index (χ2n) is 6.76. The maximum Gasteiger partial charge on any atom is 0.573 e. The van der Waals surface area contributed by atoms with Gasteiger partial charge in [-0.25, -0.2) is 0 Å². The fourth-order valence-corrected chi connectivity index (χ4v) is 3.23. The Balaban J connectivity index is 1.77. The summed E-state index contributed by atoms with van der Waals surface area (Å²) in [5, 5.41) is 12.6. The summed E-state index contributed by atoms with van der Waals surface area (Å²) in [5.74, 6) is -0.464. The predicted molar refractivity (Wildman–Crippen MR) is 90.1 cm³/mol.